The molecule has 2 N–H and O–H groups in total. The number of nitrogens with two attached hydrogens (primary N) is 1. The molecule has 0 saturated heterocycles. The molecule has 0 spiro atoms. The van der Waals surface area contributed by atoms with E-state index in [4.69, 9.17) is 5.73 Å². The molecule has 9 heteroatoms. The minimum Gasteiger partial charge on any atom is -0.382 e. The first-order valence-electron chi connectivity index (χ1n) is 9.40. The molecule has 2 aliphatic heterocycles. The number of aryl methyl sites for hydroxylation is 1. The lowest BCUT2D eigenvalue weighted by Gasteiger charge is -2.38. The van der Waals surface area contributed by atoms with Crippen LogP contribution in [0.25, 0.3) is 0 Å². The lowest BCUT2D eigenvalue weighted by Crippen LogP contribution is -2.43. The monoisotopic (exact) mass is 403 g/mol. The number of hydrogen-bond donors (Lipinski definition) is 1. The van der Waals surface area contributed by atoms with Crippen LogP contribution in [0.5, 0.6) is 0 Å². The lowest BCUT2D eigenvalue weighted by atomic mass is 9.90. The van der Waals surface area contributed by atoms with Crippen LogP contribution in [-0.4, -0.2) is 48.2 Å². The molecular formula is C19H25N5O3S. The van der Waals surface area contributed by atoms with E-state index in [0.29, 0.717) is 31.7 Å². The highest BCUT2D eigenvalue weighted by molar-refractivity contribution is 7.88. The van der Waals surface area contributed by atoms with Crippen LogP contribution in [0.2, 0.25) is 0 Å². The number of fused-ring (bicyclic) bond motifs is 2. The van der Waals surface area contributed by atoms with Gasteiger partial charge in [0, 0.05) is 24.6 Å². The topological polar surface area (TPSA) is 102 Å². The minimum absolute atomic E-state index is 0.153. The first-order valence-corrected chi connectivity index (χ1v) is 11.3. The van der Waals surface area contributed by atoms with Gasteiger partial charge in [-0.2, -0.15) is 9.10 Å². The van der Waals surface area contributed by atoms with Gasteiger partial charge in [0.2, 0.25) is 10.0 Å². The molecule has 0 aliphatic carbocycles. The van der Waals surface area contributed by atoms with E-state index >= 15 is 0 Å². The highest BCUT2D eigenvalue weighted by Crippen LogP contribution is 2.40. The summed E-state index contributed by atoms with van der Waals surface area (Å²) in [6, 6.07) is 5.55. The molecule has 2 aromatic rings. The van der Waals surface area contributed by atoms with Gasteiger partial charge in [0.05, 0.1) is 23.7 Å². The molecule has 2 atom stereocenters. The van der Waals surface area contributed by atoms with E-state index in [-0.39, 0.29) is 12.0 Å². The number of rotatable bonds is 3. The molecule has 0 saturated carbocycles. The van der Waals surface area contributed by atoms with Gasteiger partial charge in [0.15, 0.2) is 5.82 Å². The van der Waals surface area contributed by atoms with Crippen LogP contribution in [0.15, 0.2) is 18.2 Å². The number of nitrogens with zero attached hydrogens (tertiary/aromatic N) is 4. The second-order valence-corrected chi connectivity index (χ2v) is 9.54. The quantitative estimate of drug-likeness (QED) is 0.782. The summed E-state index contributed by atoms with van der Waals surface area (Å²) in [6.07, 6.45) is 3.42. The Labute approximate surface area is 164 Å². The molecule has 4 rings (SSSR count). The van der Waals surface area contributed by atoms with Gasteiger partial charge >= 0.3 is 0 Å². The maximum absolute atomic E-state index is 12.2. The third-order valence-electron chi connectivity index (χ3n) is 5.84. The van der Waals surface area contributed by atoms with Gasteiger partial charge in [0.25, 0.3) is 0 Å². The summed E-state index contributed by atoms with van der Waals surface area (Å²) in [4.78, 5) is 13.3. The van der Waals surface area contributed by atoms with Gasteiger partial charge in [-0.05, 0) is 37.8 Å². The maximum atomic E-state index is 12.2. The zero-order valence-electron chi connectivity index (χ0n) is 16.3. The Morgan fingerprint density at radius 2 is 2.04 bits per heavy atom. The Hall–Kier alpha value is -2.39. The van der Waals surface area contributed by atoms with E-state index in [9.17, 15) is 13.2 Å². The van der Waals surface area contributed by atoms with Crippen molar-refractivity contribution < 1.29 is 13.2 Å². The number of anilines is 2. The van der Waals surface area contributed by atoms with Crippen LogP contribution in [0, 0.1) is 6.92 Å². The van der Waals surface area contributed by atoms with Crippen molar-refractivity contribution in [3.8, 4) is 0 Å². The molecule has 1 aromatic carbocycles. The van der Waals surface area contributed by atoms with Crippen molar-refractivity contribution in [1.29, 1.82) is 0 Å². The molecular weight excluding hydrogens is 378 g/mol. The van der Waals surface area contributed by atoms with Crippen molar-refractivity contribution in [3.05, 3.63) is 40.6 Å². The van der Waals surface area contributed by atoms with Gasteiger partial charge in [0.1, 0.15) is 6.29 Å². The number of aromatic nitrogens is 2. The fourth-order valence-corrected chi connectivity index (χ4v) is 5.62. The number of carbonyl (C=O) groups is 1. The van der Waals surface area contributed by atoms with E-state index in [2.05, 4.69) is 5.10 Å². The normalized spacial score (nSPS) is 22.6. The molecule has 28 heavy (non-hydrogen) atoms. The van der Waals surface area contributed by atoms with Crippen molar-refractivity contribution in [2.75, 3.05) is 30.1 Å². The fraction of sp³-hybridized carbons (Fsp3) is 0.474. The van der Waals surface area contributed by atoms with E-state index in [1.165, 1.54) is 10.6 Å². The predicted molar refractivity (Wildman–Crippen MR) is 108 cm³/mol. The molecule has 0 fully saturated rings. The Kier molecular flexibility index (Phi) is 4.46. The average Bonchev–Trinajstić information content (AvgIpc) is 2.98. The Bertz CT molecular complexity index is 1050. The van der Waals surface area contributed by atoms with Gasteiger partial charge < -0.3 is 10.5 Å². The van der Waals surface area contributed by atoms with Crippen LogP contribution in [0.3, 0.4) is 0 Å². The number of sulfonamides is 1. The summed E-state index contributed by atoms with van der Waals surface area (Å²) in [5, 5.41) is 6.61. The smallest absolute Gasteiger partial charge is 0.211 e. The average molecular weight is 404 g/mol. The van der Waals surface area contributed by atoms with Crippen LogP contribution >= 0.6 is 0 Å². The second kappa shape index (κ2) is 6.59. The van der Waals surface area contributed by atoms with Crippen molar-refractivity contribution in [2.45, 2.75) is 38.6 Å². The molecule has 0 radical (unpaired) electrons. The Balaban J connectivity index is 1.88. The third kappa shape index (κ3) is 2.80. The largest absolute Gasteiger partial charge is 0.382 e. The van der Waals surface area contributed by atoms with Crippen LogP contribution in [0.1, 0.15) is 47.7 Å². The fourth-order valence-electron chi connectivity index (χ4n) is 4.53. The van der Waals surface area contributed by atoms with Crippen LogP contribution < -0.4 is 10.7 Å². The number of hydrogen-bond acceptors (Lipinski definition) is 6. The van der Waals surface area contributed by atoms with E-state index < -0.39 is 10.0 Å². The van der Waals surface area contributed by atoms with Crippen molar-refractivity contribution >= 4 is 27.8 Å². The number of aldehydes is 1. The van der Waals surface area contributed by atoms with Gasteiger partial charge in [-0.3, -0.25) is 5.01 Å². The summed E-state index contributed by atoms with van der Waals surface area (Å²) in [6.45, 7) is 4.87. The third-order valence-corrected chi connectivity index (χ3v) is 7.19. The van der Waals surface area contributed by atoms with Crippen LogP contribution in [-0.2, 0) is 21.2 Å². The Morgan fingerprint density at radius 1 is 1.29 bits per heavy atom. The lowest BCUT2D eigenvalue weighted by molar-refractivity contribution is -0.109. The van der Waals surface area contributed by atoms with E-state index in [0.717, 1.165) is 34.4 Å². The summed E-state index contributed by atoms with van der Waals surface area (Å²) in [5.41, 5.74) is 10.9. The highest BCUT2D eigenvalue weighted by Gasteiger charge is 2.38. The standard InChI is InChI=1S/C19H25N5O3S/c1-12-5-4-6-15-14(11-25)7-9-22(17(12)15)24-18-13(2)23(28(3,26)27)10-8-16(18)19(20)21-24/h4-6,11,13-14H,7-10H2,1-3H3,(H2,20,21). The van der Waals surface area contributed by atoms with Crippen molar-refractivity contribution in [2.24, 2.45) is 0 Å². The first kappa shape index (κ1) is 18.9. The van der Waals surface area contributed by atoms with Gasteiger partial charge in [-0.25, -0.2) is 8.42 Å². The number of benzene rings is 1. The molecule has 8 nitrogen and oxygen atoms in total. The molecule has 3 heterocycles. The molecule has 2 unspecified atom stereocenters. The van der Waals surface area contributed by atoms with Crippen molar-refractivity contribution in [3.63, 3.8) is 0 Å². The zero-order chi connectivity index (χ0) is 20.2. The second-order valence-electron chi connectivity index (χ2n) is 7.61. The first-order chi connectivity index (χ1) is 13.2. The van der Waals surface area contributed by atoms with E-state index in [1.54, 1.807) is 4.79 Å². The van der Waals surface area contributed by atoms with E-state index in [1.807, 2.05) is 37.1 Å². The van der Waals surface area contributed by atoms with Gasteiger partial charge in [-0.15, -0.1) is 5.10 Å². The Morgan fingerprint density at radius 3 is 2.71 bits per heavy atom. The number of nitrogen functional groups attached to an aromatic ring is 1. The molecule has 2 aliphatic rings. The number of carbonyl (C=O) groups excluding carboxylic acids is 1. The molecule has 0 bridgehead atoms. The number of para-hydroxylation sites is 1. The summed E-state index contributed by atoms with van der Waals surface area (Å²) >= 11 is 0. The SMILES string of the molecule is Cc1cccc2c1N(n1nc(N)c3c1C(C)N(S(C)(=O)=O)CC3)CCC2C=O. The highest BCUT2D eigenvalue weighted by atomic mass is 32.2. The molecule has 0 amide bonds. The summed E-state index contributed by atoms with van der Waals surface area (Å²) in [7, 11) is -3.35. The minimum atomic E-state index is -3.35. The van der Waals surface area contributed by atoms with Gasteiger partial charge in [-0.1, -0.05) is 18.2 Å². The predicted octanol–water partition coefficient (Wildman–Crippen LogP) is 1.61. The molecule has 150 valence electrons. The summed E-state index contributed by atoms with van der Waals surface area (Å²) < 4.78 is 26.0. The van der Waals surface area contributed by atoms with Crippen molar-refractivity contribution in [1.82, 2.24) is 14.2 Å². The zero-order valence-corrected chi connectivity index (χ0v) is 17.1. The maximum Gasteiger partial charge on any atom is 0.211 e. The van der Waals surface area contributed by atoms with Crippen LogP contribution in [0.4, 0.5) is 11.5 Å². The summed E-state index contributed by atoms with van der Waals surface area (Å²) in [5.74, 6) is 0.280. The molecule has 1 aromatic heterocycles.